The number of nitrogens with one attached hydrogen (secondary N) is 2. The quantitative estimate of drug-likeness (QED) is 0.136. The molecule has 40 heavy (non-hydrogen) atoms. The minimum atomic E-state index is -0.637. The van der Waals surface area contributed by atoms with Crippen molar-refractivity contribution < 1.29 is 24.2 Å². The highest BCUT2D eigenvalue weighted by atomic mass is 16.5. The Labute approximate surface area is 238 Å². The molecule has 2 aromatic rings. The highest BCUT2D eigenvalue weighted by Crippen LogP contribution is 2.18. The SMILES string of the molecule is C=CCCC[C@H](Cc1ccccc1)C(=O)OC[C@H](Cc1ccccc1)NC(=O)[C@H](CC=C)CC(=O)N[C@H](C)CO. The molecule has 7 heteroatoms. The van der Waals surface area contributed by atoms with Gasteiger partial charge in [-0.1, -0.05) is 72.8 Å². The van der Waals surface area contributed by atoms with Crippen molar-refractivity contribution >= 4 is 17.8 Å². The predicted octanol–water partition coefficient (Wildman–Crippen LogP) is 4.55. The van der Waals surface area contributed by atoms with Gasteiger partial charge >= 0.3 is 5.97 Å². The molecule has 0 aliphatic rings. The molecule has 0 heterocycles. The second kappa shape index (κ2) is 18.6. The minimum absolute atomic E-state index is 0.0147. The number of benzene rings is 2. The summed E-state index contributed by atoms with van der Waals surface area (Å²) in [5.41, 5.74) is 2.06. The topological polar surface area (TPSA) is 105 Å². The summed E-state index contributed by atoms with van der Waals surface area (Å²) in [6.07, 6.45) is 7.11. The van der Waals surface area contributed by atoms with E-state index in [-0.39, 0.29) is 43.3 Å². The van der Waals surface area contributed by atoms with E-state index in [0.29, 0.717) is 25.7 Å². The smallest absolute Gasteiger partial charge is 0.309 e. The first-order valence-electron chi connectivity index (χ1n) is 14.0. The van der Waals surface area contributed by atoms with Crippen LogP contribution < -0.4 is 10.6 Å². The van der Waals surface area contributed by atoms with Gasteiger partial charge < -0.3 is 20.5 Å². The lowest BCUT2D eigenvalue weighted by molar-refractivity contribution is -0.150. The largest absolute Gasteiger partial charge is 0.463 e. The zero-order valence-electron chi connectivity index (χ0n) is 23.6. The van der Waals surface area contributed by atoms with E-state index in [1.807, 2.05) is 66.7 Å². The van der Waals surface area contributed by atoms with Gasteiger partial charge in [0.25, 0.3) is 0 Å². The van der Waals surface area contributed by atoms with Crippen LogP contribution in [0.4, 0.5) is 0 Å². The fourth-order valence-electron chi connectivity index (χ4n) is 4.47. The van der Waals surface area contributed by atoms with Crippen LogP contribution in [0.2, 0.25) is 0 Å². The van der Waals surface area contributed by atoms with Crippen molar-refractivity contribution in [2.24, 2.45) is 11.8 Å². The first-order valence-corrected chi connectivity index (χ1v) is 14.0. The molecular formula is C33H44N2O5. The third-order valence-electron chi connectivity index (χ3n) is 6.65. The van der Waals surface area contributed by atoms with E-state index in [4.69, 9.17) is 4.74 Å². The molecule has 0 saturated carbocycles. The van der Waals surface area contributed by atoms with Gasteiger partial charge in [0.1, 0.15) is 6.61 Å². The summed E-state index contributed by atoms with van der Waals surface area (Å²) < 4.78 is 5.82. The van der Waals surface area contributed by atoms with E-state index in [2.05, 4.69) is 23.8 Å². The van der Waals surface area contributed by atoms with Crippen LogP contribution >= 0.6 is 0 Å². The number of unbranched alkanes of at least 4 members (excludes halogenated alkanes) is 1. The Morgan fingerprint density at radius 2 is 1.52 bits per heavy atom. The summed E-state index contributed by atoms with van der Waals surface area (Å²) in [5.74, 6) is -1.86. The molecule has 3 N–H and O–H groups in total. The predicted molar refractivity (Wildman–Crippen MR) is 158 cm³/mol. The molecule has 4 atom stereocenters. The van der Waals surface area contributed by atoms with Crippen molar-refractivity contribution in [3.05, 3.63) is 97.1 Å². The Morgan fingerprint density at radius 1 is 0.900 bits per heavy atom. The molecule has 0 fully saturated rings. The van der Waals surface area contributed by atoms with Crippen LogP contribution in [-0.4, -0.2) is 48.2 Å². The van der Waals surface area contributed by atoms with Gasteiger partial charge in [-0.2, -0.15) is 0 Å². The van der Waals surface area contributed by atoms with Crippen LogP contribution in [0.5, 0.6) is 0 Å². The van der Waals surface area contributed by atoms with Crippen molar-refractivity contribution in [2.75, 3.05) is 13.2 Å². The van der Waals surface area contributed by atoms with Crippen molar-refractivity contribution in [3.8, 4) is 0 Å². The average molecular weight is 549 g/mol. The Bertz CT molecular complexity index is 1060. The van der Waals surface area contributed by atoms with Gasteiger partial charge in [-0.25, -0.2) is 0 Å². The maximum Gasteiger partial charge on any atom is 0.309 e. The molecular weight excluding hydrogens is 504 g/mol. The molecule has 0 saturated heterocycles. The number of allylic oxidation sites excluding steroid dienone is 2. The van der Waals surface area contributed by atoms with Gasteiger partial charge in [0.2, 0.25) is 11.8 Å². The summed E-state index contributed by atoms with van der Waals surface area (Å²) in [5, 5.41) is 14.9. The van der Waals surface area contributed by atoms with E-state index in [9.17, 15) is 19.5 Å². The summed E-state index contributed by atoms with van der Waals surface area (Å²) in [7, 11) is 0. The van der Waals surface area contributed by atoms with Gasteiger partial charge in [0.05, 0.1) is 24.5 Å². The average Bonchev–Trinajstić information content (AvgIpc) is 2.96. The lowest BCUT2D eigenvalue weighted by Crippen LogP contribution is -2.45. The van der Waals surface area contributed by atoms with E-state index in [0.717, 1.165) is 24.0 Å². The summed E-state index contributed by atoms with van der Waals surface area (Å²) in [4.78, 5) is 38.9. The van der Waals surface area contributed by atoms with Crippen molar-refractivity contribution in [3.63, 3.8) is 0 Å². The first kappa shape index (κ1) is 32.5. The number of hydrogen-bond acceptors (Lipinski definition) is 5. The van der Waals surface area contributed by atoms with E-state index in [1.54, 1.807) is 13.0 Å². The van der Waals surface area contributed by atoms with Gasteiger partial charge in [0, 0.05) is 12.5 Å². The molecule has 2 aromatic carbocycles. The summed E-state index contributed by atoms with van der Waals surface area (Å²) >= 11 is 0. The number of hydrogen-bond donors (Lipinski definition) is 3. The molecule has 0 aliphatic heterocycles. The highest BCUT2D eigenvalue weighted by molar-refractivity contribution is 5.86. The molecule has 7 nitrogen and oxygen atoms in total. The summed E-state index contributed by atoms with van der Waals surface area (Å²) in [6, 6.07) is 18.7. The molecule has 0 aromatic heterocycles. The van der Waals surface area contributed by atoms with Crippen molar-refractivity contribution in [2.45, 2.75) is 64.0 Å². The minimum Gasteiger partial charge on any atom is -0.463 e. The van der Waals surface area contributed by atoms with Gasteiger partial charge in [0.15, 0.2) is 0 Å². The maximum absolute atomic E-state index is 13.3. The number of ether oxygens (including phenoxy) is 1. The third-order valence-corrected chi connectivity index (χ3v) is 6.65. The fraction of sp³-hybridized carbons (Fsp3) is 0.424. The van der Waals surface area contributed by atoms with Gasteiger partial charge in [-0.15, -0.1) is 13.2 Å². The van der Waals surface area contributed by atoms with Crippen LogP contribution in [-0.2, 0) is 32.0 Å². The normalized spacial score (nSPS) is 13.8. The maximum atomic E-state index is 13.3. The first-order chi connectivity index (χ1) is 19.4. The van der Waals surface area contributed by atoms with Gasteiger partial charge in [-0.05, 0) is 56.6 Å². The van der Waals surface area contributed by atoms with Crippen LogP contribution in [0.1, 0.15) is 50.2 Å². The lowest BCUT2D eigenvalue weighted by atomic mass is 9.94. The molecule has 0 bridgehead atoms. The monoisotopic (exact) mass is 548 g/mol. The molecule has 0 unspecified atom stereocenters. The van der Waals surface area contributed by atoms with Crippen molar-refractivity contribution in [1.82, 2.24) is 10.6 Å². The zero-order valence-corrected chi connectivity index (χ0v) is 23.6. The van der Waals surface area contributed by atoms with Crippen LogP contribution in [0.25, 0.3) is 0 Å². The summed E-state index contributed by atoms with van der Waals surface area (Å²) in [6.45, 7) is 9.02. The second-order valence-corrected chi connectivity index (χ2v) is 10.2. The second-order valence-electron chi connectivity index (χ2n) is 10.2. The third kappa shape index (κ3) is 12.4. The number of esters is 1. The number of carbonyl (C=O) groups is 3. The van der Waals surface area contributed by atoms with E-state index in [1.165, 1.54) is 0 Å². The number of aliphatic hydroxyl groups is 1. The Kier molecular flexibility index (Phi) is 15.1. The van der Waals surface area contributed by atoms with Crippen LogP contribution in [0.3, 0.4) is 0 Å². The molecule has 0 aliphatic carbocycles. The molecule has 0 radical (unpaired) electrons. The number of amides is 2. The van der Waals surface area contributed by atoms with Crippen LogP contribution in [0, 0.1) is 11.8 Å². The zero-order chi connectivity index (χ0) is 29.2. The Hall–Kier alpha value is -3.71. The molecule has 0 spiro atoms. The number of rotatable bonds is 19. The Morgan fingerprint density at radius 3 is 2.10 bits per heavy atom. The molecule has 2 rings (SSSR count). The van der Waals surface area contributed by atoms with E-state index < -0.39 is 18.0 Å². The lowest BCUT2D eigenvalue weighted by Gasteiger charge is -2.24. The van der Waals surface area contributed by atoms with Crippen LogP contribution in [0.15, 0.2) is 86.0 Å². The Balaban J connectivity index is 2.12. The molecule has 216 valence electrons. The van der Waals surface area contributed by atoms with Crippen molar-refractivity contribution in [1.29, 1.82) is 0 Å². The van der Waals surface area contributed by atoms with Gasteiger partial charge in [-0.3, -0.25) is 14.4 Å². The standard InChI is InChI=1S/C33H44N2O5/c1-4-6-9-19-29(20-26-15-10-7-11-16-26)33(39)40-24-30(21-27-17-12-8-13-18-27)35-32(38)28(14-5-2)22-31(37)34-25(3)23-36/h4-5,7-8,10-13,15-18,25,28-30,36H,1-2,6,9,14,19-24H2,3H3,(H,34,37)(H,35,38)/t25-,28-,29-,30+/m1/s1. The fourth-order valence-corrected chi connectivity index (χ4v) is 4.47. The molecule has 2 amide bonds. The van der Waals surface area contributed by atoms with E-state index >= 15 is 0 Å². The highest BCUT2D eigenvalue weighted by Gasteiger charge is 2.26. The number of carbonyl (C=O) groups excluding carboxylic acids is 3. The number of aliphatic hydroxyl groups excluding tert-OH is 1.